The highest BCUT2D eigenvalue weighted by Crippen LogP contribution is 2.38. The van der Waals surface area contributed by atoms with Crippen molar-refractivity contribution >= 4 is 22.6 Å². The van der Waals surface area contributed by atoms with Gasteiger partial charge in [-0.15, -0.1) is 0 Å². The lowest BCUT2D eigenvalue weighted by Gasteiger charge is -2.36. The summed E-state index contributed by atoms with van der Waals surface area (Å²) in [6.45, 7) is 6.51. The average Bonchev–Trinajstić information content (AvgIpc) is 2.63. The molecule has 0 radical (unpaired) electrons. The molecule has 0 amide bonds. The summed E-state index contributed by atoms with van der Waals surface area (Å²) < 4.78 is 6.92. The molecule has 1 aromatic heterocycles. The topological polar surface area (TPSA) is 91.4 Å². The lowest BCUT2D eigenvalue weighted by Crippen LogP contribution is -2.32. The predicted octanol–water partition coefficient (Wildman–Crippen LogP) is 4.06. The standard InChI is InChI=1S/C21H26N2O5/c1-21(2,3)15-5-8-17(9-6-15)28-20(25)13-22-18-10-7-16(23(26)27)12-14(18)4-11-19(22)24/h4,7,10-12,15,17H,5-6,8-9,13H2,1-3H3. The maximum atomic E-state index is 12.4. The summed E-state index contributed by atoms with van der Waals surface area (Å²) in [5.41, 5.74) is 0.338. The van der Waals surface area contributed by atoms with E-state index in [2.05, 4.69) is 20.8 Å². The van der Waals surface area contributed by atoms with Crippen LogP contribution in [-0.4, -0.2) is 21.6 Å². The number of pyridine rings is 1. The summed E-state index contributed by atoms with van der Waals surface area (Å²) in [6, 6.07) is 7.06. The number of non-ortho nitro benzene ring substituents is 1. The summed E-state index contributed by atoms with van der Waals surface area (Å²) in [5.74, 6) is 0.172. The van der Waals surface area contributed by atoms with E-state index in [4.69, 9.17) is 4.74 Å². The van der Waals surface area contributed by atoms with Crippen LogP contribution in [0.2, 0.25) is 0 Å². The number of nitro groups is 1. The smallest absolute Gasteiger partial charge is 0.326 e. The van der Waals surface area contributed by atoms with Crippen LogP contribution in [0.4, 0.5) is 5.69 Å². The number of nitro benzene ring substituents is 1. The number of nitrogens with zero attached hydrogens (tertiary/aromatic N) is 2. The fraction of sp³-hybridized carbons (Fsp3) is 0.524. The van der Waals surface area contributed by atoms with E-state index in [1.54, 1.807) is 0 Å². The van der Waals surface area contributed by atoms with E-state index in [0.717, 1.165) is 25.7 Å². The van der Waals surface area contributed by atoms with E-state index < -0.39 is 10.9 Å². The Morgan fingerprint density at radius 1 is 1.18 bits per heavy atom. The fourth-order valence-electron chi connectivity index (χ4n) is 3.97. The molecule has 2 aromatic rings. The predicted molar refractivity (Wildman–Crippen MR) is 106 cm³/mol. The van der Waals surface area contributed by atoms with Crippen molar-refractivity contribution in [1.29, 1.82) is 0 Å². The molecule has 28 heavy (non-hydrogen) atoms. The molecule has 150 valence electrons. The zero-order valence-corrected chi connectivity index (χ0v) is 16.5. The molecule has 1 heterocycles. The van der Waals surface area contributed by atoms with Crippen molar-refractivity contribution in [2.75, 3.05) is 0 Å². The van der Waals surface area contributed by atoms with Gasteiger partial charge in [0.05, 0.1) is 10.4 Å². The summed E-state index contributed by atoms with van der Waals surface area (Å²) in [5, 5.41) is 11.5. The SMILES string of the molecule is CC(C)(C)C1CCC(OC(=O)Cn2c(=O)ccc3cc([N+](=O)[O-])ccc32)CC1. The van der Waals surface area contributed by atoms with Crippen molar-refractivity contribution in [2.45, 2.75) is 59.1 Å². The normalized spacial score (nSPS) is 20.1. The van der Waals surface area contributed by atoms with Crippen LogP contribution in [0.3, 0.4) is 0 Å². The minimum Gasteiger partial charge on any atom is -0.461 e. The van der Waals surface area contributed by atoms with Gasteiger partial charge in [0, 0.05) is 23.6 Å². The molecule has 1 aromatic carbocycles. The maximum Gasteiger partial charge on any atom is 0.326 e. The molecule has 7 nitrogen and oxygen atoms in total. The van der Waals surface area contributed by atoms with E-state index >= 15 is 0 Å². The second kappa shape index (κ2) is 7.73. The Hall–Kier alpha value is -2.70. The van der Waals surface area contributed by atoms with Crippen LogP contribution in [0.5, 0.6) is 0 Å². The lowest BCUT2D eigenvalue weighted by molar-refractivity contribution is -0.384. The van der Waals surface area contributed by atoms with Crippen LogP contribution in [-0.2, 0) is 16.1 Å². The van der Waals surface area contributed by atoms with Gasteiger partial charge in [-0.25, -0.2) is 0 Å². The summed E-state index contributed by atoms with van der Waals surface area (Å²) in [6.07, 6.45) is 3.62. The van der Waals surface area contributed by atoms with Gasteiger partial charge in [-0.05, 0) is 49.1 Å². The monoisotopic (exact) mass is 386 g/mol. The first-order valence-electron chi connectivity index (χ1n) is 9.62. The van der Waals surface area contributed by atoms with Gasteiger partial charge in [0.25, 0.3) is 11.2 Å². The van der Waals surface area contributed by atoms with Gasteiger partial charge in [-0.3, -0.25) is 24.3 Å². The van der Waals surface area contributed by atoms with E-state index in [9.17, 15) is 19.7 Å². The van der Waals surface area contributed by atoms with E-state index in [0.29, 0.717) is 16.8 Å². The molecule has 1 saturated carbocycles. The molecule has 0 N–H and O–H groups in total. The molecule has 0 atom stereocenters. The van der Waals surface area contributed by atoms with Gasteiger partial charge < -0.3 is 4.74 Å². The second-order valence-electron chi connectivity index (χ2n) is 8.59. The summed E-state index contributed by atoms with van der Waals surface area (Å²) >= 11 is 0. The molecular weight excluding hydrogens is 360 g/mol. The van der Waals surface area contributed by atoms with Gasteiger partial charge in [-0.1, -0.05) is 20.8 Å². The highest BCUT2D eigenvalue weighted by molar-refractivity contribution is 5.83. The Kier molecular flexibility index (Phi) is 5.54. The average molecular weight is 386 g/mol. The van der Waals surface area contributed by atoms with E-state index in [1.807, 2.05) is 0 Å². The number of rotatable bonds is 4. The molecule has 0 unspecified atom stereocenters. The number of aromatic nitrogens is 1. The molecule has 0 spiro atoms. The third-order valence-electron chi connectivity index (χ3n) is 5.67. The van der Waals surface area contributed by atoms with Gasteiger partial charge in [-0.2, -0.15) is 0 Å². The first kappa shape index (κ1) is 20.0. The summed E-state index contributed by atoms with van der Waals surface area (Å²) in [4.78, 5) is 35.1. The van der Waals surface area contributed by atoms with Crippen LogP contribution in [0.15, 0.2) is 35.1 Å². The molecule has 0 saturated heterocycles. The Morgan fingerprint density at radius 2 is 1.86 bits per heavy atom. The molecule has 1 fully saturated rings. The Labute approximate surface area is 163 Å². The third kappa shape index (κ3) is 4.40. The molecule has 3 rings (SSSR count). The van der Waals surface area contributed by atoms with Crippen LogP contribution in [0.25, 0.3) is 10.9 Å². The summed E-state index contributed by atoms with van der Waals surface area (Å²) in [7, 11) is 0. The zero-order valence-electron chi connectivity index (χ0n) is 16.5. The second-order valence-corrected chi connectivity index (χ2v) is 8.59. The van der Waals surface area contributed by atoms with Gasteiger partial charge in [0.2, 0.25) is 0 Å². The molecule has 7 heteroatoms. The lowest BCUT2D eigenvalue weighted by atomic mass is 9.72. The third-order valence-corrected chi connectivity index (χ3v) is 5.67. The molecule has 0 aliphatic heterocycles. The number of carbonyl (C=O) groups excluding carboxylic acids is 1. The van der Waals surface area contributed by atoms with Crippen molar-refractivity contribution in [3.05, 3.63) is 50.8 Å². The number of hydrogen-bond donors (Lipinski definition) is 0. The number of benzene rings is 1. The van der Waals surface area contributed by atoms with Crippen molar-refractivity contribution in [1.82, 2.24) is 4.57 Å². The molecular formula is C21H26N2O5. The maximum absolute atomic E-state index is 12.4. The van der Waals surface area contributed by atoms with Crippen LogP contribution in [0, 0.1) is 21.4 Å². The highest BCUT2D eigenvalue weighted by atomic mass is 16.6. The van der Waals surface area contributed by atoms with Crippen LogP contribution >= 0.6 is 0 Å². The number of fused-ring (bicyclic) bond motifs is 1. The minimum absolute atomic E-state index is 0.0594. The van der Waals surface area contributed by atoms with Crippen molar-refractivity contribution < 1.29 is 14.5 Å². The van der Waals surface area contributed by atoms with Crippen LogP contribution in [0.1, 0.15) is 46.5 Å². The van der Waals surface area contributed by atoms with E-state index in [1.165, 1.54) is 34.9 Å². The molecule has 1 aliphatic rings. The van der Waals surface area contributed by atoms with Crippen molar-refractivity contribution in [3.8, 4) is 0 Å². The van der Waals surface area contributed by atoms with Gasteiger partial charge >= 0.3 is 5.97 Å². The van der Waals surface area contributed by atoms with Gasteiger partial charge in [0.15, 0.2) is 0 Å². The number of carbonyl (C=O) groups is 1. The largest absolute Gasteiger partial charge is 0.461 e. The Bertz CT molecular complexity index is 949. The van der Waals surface area contributed by atoms with Gasteiger partial charge in [0.1, 0.15) is 12.6 Å². The van der Waals surface area contributed by atoms with Crippen molar-refractivity contribution in [2.24, 2.45) is 11.3 Å². The number of ether oxygens (including phenoxy) is 1. The first-order valence-corrected chi connectivity index (χ1v) is 9.62. The highest BCUT2D eigenvalue weighted by Gasteiger charge is 2.31. The van der Waals surface area contributed by atoms with E-state index in [-0.39, 0.29) is 29.3 Å². The first-order chi connectivity index (χ1) is 13.1. The van der Waals surface area contributed by atoms with Crippen molar-refractivity contribution in [3.63, 3.8) is 0 Å². The molecule has 0 bridgehead atoms. The number of esters is 1. The minimum atomic E-state index is -0.489. The molecule has 1 aliphatic carbocycles. The quantitative estimate of drug-likeness (QED) is 0.449. The van der Waals surface area contributed by atoms with Crippen LogP contribution < -0.4 is 5.56 Å². The zero-order chi connectivity index (χ0) is 20.5. The fourth-order valence-corrected chi connectivity index (χ4v) is 3.97. The number of hydrogen-bond acceptors (Lipinski definition) is 5. The Morgan fingerprint density at radius 3 is 2.46 bits per heavy atom. The Balaban J connectivity index is 1.71.